The van der Waals surface area contributed by atoms with Crippen LogP contribution in [0.4, 0.5) is 11.4 Å². The van der Waals surface area contributed by atoms with Gasteiger partial charge in [-0.1, -0.05) is 117 Å². The average Bonchev–Trinajstić information content (AvgIpc) is 3.04. The fourth-order valence-corrected chi connectivity index (χ4v) is 6.01. The van der Waals surface area contributed by atoms with Gasteiger partial charge in [-0.15, -0.1) is 0 Å². The Balaban J connectivity index is 1.33. The third-order valence-electron chi connectivity index (χ3n) is 8.29. The van der Waals surface area contributed by atoms with Crippen LogP contribution in [0, 0.1) is 0 Å². The molecule has 6 aromatic rings. The van der Waals surface area contributed by atoms with E-state index >= 15 is 0 Å². The number of fused-ring (bicyclic) bond motifs is 2. The minimum Gasteiger partial charge on any atom is -0.344 e. The molecule has 41 heavy (non-hydrogen) atoms. The zero-order chi connectivity index (χ0) is 28.0. The van der Waals surface area contributed by atoms with Crippen molar-refractivity contribution in [2.45, 2.75) is 19.3 Å². The molecule has 198 valence electrons. The Bertz CT molecular complexity index is 1820. The van der Waals surface area contributed by atoms with E-state index in [2.05, 4.69) is 123 Å². The molecule has 3 heteroatoms. The summed E-state index contributed by atoms with van der Waals surface area (Å²) in [5.74, 6) is 0.721. The van der Waals surface area contributed by atoms with Crippen LogP contribution >= 0.6 is 0 Å². The number of nitrogens with zero attached hydrogens (tertiary/aromatic N) is 3. The maximum absolute atomic E-state index is 5.04. The van der Waals surface area contributed by atoms with Crippen molar-refractivity contribution in [2.24, 2.45) is 0 Å². The van der Waals surface area contributed by atoms with Crippen LogP contribution in [-0.4, -0.2) is 17.0 Å². The maximum Gasteiger partial charge on any atom is 0.160 e. The van der Waals surface area contributed by atoms with E-state index in [1.54, 1.807) is 0 Å². The number of hydrogen-bond acceptors (Lipinski definition) is 3. The molecule has 0 bridgehead atoms. The molecule has 0 saturated heterocycles. The second-order valence-electron chi connectivity index (χ2n) is 11.2. The summed E-state index contributed by atoms with van der Waals surface area (Å²) < 4.78 is 0. The summed E-state index contributed by atoms with van der Waals surface area (Å²) in [7, 11) is 2.16. The lowest BCUT2D eigenvalue weighted by molar-refractivity contribution is 0.630. The summed E-state index contributed by atoms with van der Waals surface area (Å²) in [5, 5.41) is 0. The molecule has 0 N–H and O–H groups in total. The van der Waals surface area contributed by atoms with Crippen molar-refractivity contribution in [1.29, 1.82) is 0 Å². The molecule has 0 fully saturated rings. The summed E-state index contributed by atoms with van der Waals surface area (Å²) in [5.41, 5.74) is 12.4. The molecule has 0 saturated carbocycles. The second kappa shape index (κ2) is 9.87. The van der Waals surface area contributed by atoms with Crippen LogP contribution in [0.1, 0.15) is 25.0 Å². The fraction of sp³-hybridized carbons (Fsp3) is 0.105. The van der Waals surface area contributed by atoms with Crippen molar-refractivity contribution >= 4 is 11.4 Å². The van der Waals surface area contributed by atoms with Crippen LogP contribution < -0.4 is 4.90 Å². The molecule has 0 unspecified atom stereocenters. The standard InChI is InChI=1S/C38H31N3/c1-38(2)31-19-10-11-20-35(31)41(3)36-22-21-29(24-32(36)38)28-17-12-18-30(23-28)37-39-33(26-13-6-4-7-14-26)25-34(40-37)27-15-8-5-9-16-27/h4-25H,1-3H3. The Hall–Kier alpha value is -5.02. The summed E-state index contributed by atoms with van der Waals surface area (Å²) in [6.07, 6.45) is 0. The summed E-state index contributed by atoms with van der Waals surface area (Å²) in [6, 6.07) is 46.9. The summed E-state index contributed by atoms with van der Waals surface area (Å²) in [4.78, 5) is 12.4. The highest BCUT2D eigenvalue weighted by molar-refractivity contribution is 5.81. The number of hydrogen-bond donors (Lipinski definition) is 0. The second-order valence-corrected chi connectivity index (χ2v) is 11.2. The number of benzene rings is 5. The Morgan fingerprint density at radius 1 is 0.463 bits per heavy atom. The average molecular weight is 530 g/mol. The molecule has 1 aromatic heterocycles. The van der Waals surface area contributed by atoms with Gasteiger partial charge in [0.15, 0.2) is 5.82 Å². The number of aromatic nitrogens is 2. The first-order valence-corrected chi connectivity index (χ1v) is 14.1. The lowest BCUT2D eigenvalue weighted by atomic mass is 9.73. The highest BCUT2D eigenvalue weighted by Crippen LogP contribution is 2.49. The van der Waals surface area contributed by atoms with Crippen LogP contribution in [0.5, 0.6) is 0 Å². The van der Waals surface area contributed by atoms with Crippen molar-refractivity contribution in [3.63, 3.8) is 0 Å². The normalized spacial score (nSPS) is 13.4. The Kier molecular flexibility index (Phi) is 6.01. The van der Waals surface area contributed by atoms with E-state index in [4.69, 9.17) is 9.97 Å². The van der Waals surface area contributed by atoms with Gasteiger partial charge in [0.25, 0.3) is 0 Å². The maximum atomic E-state index is 5.04. The molecule has 0 spiro atoms. The minimum atomic E-state index is -0.107. The molecule has 7 rings (SSSR count). The number of rotatable bonds is 4. The van der Waals surface area contributed by atoms with Gasteiger partial charge in [-0.2, -0.15) is 0 Å². The zero-order valence-corrected chi connectivity index (χ0v) is 23.5. The quantitative estimate of drug-likeness (QED) is 0.228. The third-order valence-corrected chi connectivity index (χ3v) is 8.29. The highest BCUT2D eigenvalue weighted by Gasteiger charge is 2.35. The Morgan fingerprint density at radius 3 is 1.68 bits per heavy atom. The fourth-order valence-electron chi connectivity index (χ4n) is 6.01. The predicted octanol–water partition coefficient (Wildman–Crippen LogP) is 9.55. The van der Waals surface area contributed by atoms with E-state index in [9.17, 15) is 0 Å². The van der Waals surface area contributed by atoms with Crippen LogP contribution in [0.3, 0.4) is 0 Å². The van der Waals surface area contributed by atoms with E-state index < -0.39 is 0 Å². The molecule has 0 atom stereocenters. The summed E-state index contributed by atoms with van der Waals surface area (Å²) >= 11 is 0. The van der Waals surface area contributed by atoms with Gasteiger partial charge in [-0.3, -0.25) is 0 Å². The highest BCUT2D eigenvalue weighted by atomic mass is 15.1. The predicted molar refractivity (Wildman–Crippen MR) is 170 cm³/mol. The van der Waals surface area contributed by atoms with Gasteiger partial charge in [0.1, 0.15) is 0 Å². The lowest BCUT2D eigenvalue weighted by Crippen LogP contribution is -2.30. The van der Waals surface area contributed by atoms with Gasteiger partial charge in [-0.25, -0.2) is 9.97 Å². The first-order chi connectivity index (χ1) is 20.0. The molecule has 1 aliphatic rings. The van der Waals surface area contributed by atoms with Crippen molar-refractivity contribution < 1.29 is 0 Å². The third kappa shape index (κ3) is 4.40. The van der Waals surface area contributed by atoms with Gasteiger partial charge in [0.05, 0.1) is 11.4 Å². The van der Waals surface area contributed by atoms with Crippen molar-refractivity contribution in [3.05, 3.63) is 145 Å². The zero-order valence-electron chi connectivity index (χ0n) is 23.5. The van der Waals surface area contributed by atoms with Crippen LogP contribution in [0.25, 0.3) is 45.0 Å². The molecule has 0 amide bonds. The first kappa shape index (κ1) is 25.0. The molecular weight excluding hydrogens is 498 g/mol. The van der Waals surface area contributed by atoms with E-state index in [-0.39, 0.29) is 5.41 Å². The SMILES string of the molecule is CN1c2ccccc2C(C)(C)c2cc(-c3cccc(-c4nc(-c5ccccc5)cc(-c5ccccc5)n4)c3)ccc21. The van der Waals surface area contributed by atoms with Gasteiger partial charge in [0, 0.05) is 40.5 Å². The topological polar surface area (TPSA) is 29.0 Å². The molecular formula is C38H31N3. The van der Waals surface area contributed by atoms with Crippen molar-refractivity contribution in [3.8, 4) is 45.0 Å². The molecule has 0 aliphatic carbocycles. The van der Waals surface area contributed by atoms with Gasteiger partial charge >= 0.3 is 0 Å². The lowest BCUT2D eigenvalue weighted by Gasteiger charge is -2.40. The van der Waals surface area contributed by atoms with Gasteiger partial charge in [0.2, 0.25) is 0 Å². The van der Waals surface area contributed by atoms with Crippen LogP contribution in [0.15, 0.2) is 133 Å². The van der Waals surface area contributed by atoms with Crippen molar-refractivity contribution in [2.75, 3.05) is 11.9 Å². The van der Waals surface area contributed by atoms with Gasteiger partial charge in [-0.05, 0) is 52.6 Å². The minimum absolute atomic E-state index is 0.107. The van der Waals surface area contributed by atoms with E-state index in [1.807, 2.05) is 36.4 Å². The molecule has 5 aromatic carbocycles. The van der Waals surface area contributed by atoms with Gasteiger partial charge < -0.3 is 4.90 Å². The largest absolute Gasteiger partial charge is 0.344 e. The first-order valence-electron chi connectivity index (χ1n) is 14.1. The molecule has 1 aliphatic heterocycles. The molecule has 2 heterocycles. The monoisotopic (exact) mass is 529 g/mol. The van der Waals surface area contributed by atoms with Crippen LogP contribution in [0.2, 0.25) is 0 Å². The molecule has 3 nitrogen and oxygen atoms in total. The van der Waals surface area contributed by atoms with E-state index in [1.165, 1.54) is 28.1 Å². The van der Waals surface area contributed by atoms with Crippen LogP contribution in [-0.2, 0) is 5.41 Å². The Labute approximate surface area is 241 Å². The number of anilines is 2. The van der Waals surface area contributed by atoms with E-state index in [0.717, 1.165) is 39.5 Å². The van der Waals surface area contributed by atoms with Crippen molar-refractivity contribution in [1.82, 2.24) is 9.97 Å². The van der Waals surface area contributed by atoms with E-state index in [0.29, 0.717) is 0 Å². The molecule has 0 radical (unpaired) electrons. The Morgan fingerprint density at radius 2 is 1.00 bits per heavy atom. The number of para-hydroxylation sites is 1. The smallest absolute Gasteiger partial charge is 0.160 e. The summed E-state index contributed by atoms with van der Waals surface area (Å²) in [6.45, 7) is 4.65.